The van der Waals surface area contributed by atoms with Crippen LogP contribution in [-0.4, -0.2) is 34.7 Å². The predicted octanol–water partition coefficient (Wildman–Crippen LogP) is 1.23. The van der Waals surface area contributed by atoms with Crippen LogP contribution in [0.5, 0.6) is 5.75 Å². The maximum atomic E-state index is 11.6. The summed E-state index contributed by atoms with van der Waals surface area (Å²) in [6.07, 6.45) is 5.44. The predicted molar refractivity (Wildman–Crippen MR) is 73.1 cm³/mol. The van der Waals surface area contributed by atoms with Gasteiger partial charge in [0.25, 0.3) is 5.56 Å². The second-order valence-corrected chi connectivity index (χ2v) is 5.11. The minimum atomic E-state index is -0.798. The molecular formula is C13H19N3O4. The van der Waals surface area contributed by atoms with Gasteiger partial charge in [-0.15, -0.1) is 0 Å². The first-order valence-electron chi connectivity index (χ1n) is 6.68. The molecule has 0 atom stereocenters. The summed E-state index contributed by atoms with van der Waals surface area (Å²) in [4.78, 5) is 29.5. The molecule has 3 N–H and O–H groups in total. The molecule has 0 aliphatic heterocycles. The van der Waals surface area contributed by atoms with E-state index < -0.39 is 16.9 Å². The lowest BCUT2D eigenvalue weighted by Gasteiger charge is -2.33. The van der Waals surface area contributed by atoms with Crippen molar-refractivity contribution in [2.24, 2.45) is 5.41 Å². The number of hydrogen-bond acceptors (Lipinski definition) is 5. The van der Waals surface area contributed by atoms with Gasteiger partial charge in [-0.1, -0.05) is 19.3 Å². The number of aromatic nitrogens is 2. The number of methoxy groups -OCH3 is 1. The number of nitrogens with zero attached hydrogens (tertiary/aromatic N) is 1. The Kier molecular flexibility index (Phi) is 4.26. The van der Waals surface area contributed by atoms with Crippen LogP contribution in [0.3, 0.4) is 0 Å². The molecule has 110 valence electrons. The molecule has 0 amide bonds. The van der Waals surface area contributed by atoms with Crippen LogP contribution in [0.4, 0.5) is 5.82 Å². The second-order valence-electron chi connectivity index (χ2n) is 5.11. The Balaban J connectivity index is 2.16. The number of anilines is 1. The SMILES string of the molecule is COc1c(NCC2(C(=O)O)CCCCC2)nc[nH]c1=O. The molecule has 7 nitrogen and oxygen atoms in total. The maximum absolute atomic E-state index is 11.6. The third-order valence-electron chi connectivity index (χ3n) is 3.87. The van der Waals surface area contributed by atoms with Gasteiger partial charge in [-0.3, -0.25) is 9.59 Å². The van der Waals surface area contributed by atoms with Gasteiger partial charge in [-0.25, -0.2) is 4.98 Å². The molecule has 0 aromatic carbocycles. The normalized spacial score (nSPS) is 17.4. The molecule has 1 aliphatic carbocycles. The number of carbonyl (C=O) groups is 1. The molecule has 1 fully saturated rings. The van der Waals surface area contributed by atoms with Crippen LogP contribution in [0.15, 0.2) is 11.1 Å². The Morgan fingerprint density at radius 2 is 2.20 bits per heavy atom. The highest BCUT2D eigenvalue weighted by atomic mass is 16.5. The van der Waals surface area contributed by atoms with Crippen LogP contribution in [0.2, 0.25) is 0 Å². The number of carboxylic acids is 1. The van der Waals surface area contributed by atoms with E-state index in [1.807, 2.05) is 0 Å². The molecular weight excluding hydrogens is 262 g/mol. The first kappa shape index (κ1) is 14.4. The fraction of sp³-hybridized carbons (Fsp3) is 0.615. The molecule has 0 saturated heterocycles. The molecule has 1 aromatic heterocycles. The minimum Gasteiger partial charge on any atom is -0.489 e. The van der Waals surface area contributed by atoms with Crippen molar-refractivity contribution in [1.29, 1.82) is 0 Å². The van der Waals surface area contributed by atoms with Crippen molar-refractivity contribution in [3.63, 3.8) is 0 Å². The van der Waals surface area contributed by atoms with Gasteiger partial charge in [-0.05, 0) is 12.8 Å². The standard InChI is InChI=1S/C13H19N3O4/c1-20-9-10(15-8-16-11(9)17)14-7-13(12(18)19)5-3-2-4-6-13/h8H,2-7H2,1H3,(H,18,19)(H2,14,15,16,17). The number of hydrogen-bond donors (Lipinski definition) is 3. The van der Waals surface area contributed by atoms with E-state index in [2.05, 4.69) is 15.3 Å². The smallest absolute Gasteiger partial charge is 0.311 e. The highest BCUT2D eigenvalue weighted by Crippen LogP contribution is 2.37. The molecule has 0 radical (unpaired) electrons. The molecule has 1 saturated carbocycles. The van der Waals surface area contributed by atoms with Gasteiger partial charge < -0.3 is 20.1 Å². The van der Waals surface area contributed by atoms with Crippen LogP contribution >= 0.6 is 0 Å². The van der Waals surface area contributed by atoms with E-state index in [1.165, 1.54) is 13.4 Å². The molecule has 0 bridgehead atoms. The number of H-pyrrole nitrogens is 1. The van der Waals surface area contributed by atoms with Crippen LogP contribution in [0.25, 0.3) is 0 Å². The van der Waals surface area contributed by atoms with Crippen molar-refractivity contribution < 1.29 is 14.6 Å². The van der Waals surface area contributed by atoms with E-state index in [4.69, 9.17) is 4.74 Å². The number of nitrogens with one attached hydrogen (secondary N) is 2. The highest BCUT2D eigenvalue weighted by Gasteiger charge is 2.39. The maximum Gasteiger partial charge on any atom is 0.311 e. The first-order chi connectivity index (χ1) is 9.59. The summed E-state index contributed by atoms with van der Waals surface area (Å²) in [7, 11) is 1.38. The number of rotatable bonds is 5. The van der Waals surface area contributed by atoms with E-state index in [1.54, 1.807) is 0 Å². The van der Waals surface area contributed by atoms with Crippen molar-refractivity contribution in [3.05, 3.63) is 16.7 Å². The van der Waals surface area contributed by atoms with Gasteiger partial charge in [0.2, 0.25) is 5.75 Å². The van der Waals surface area contributed by atoms with Gasteiger partial charge in [0.15, 0.2) is 5.82 Å². The van der Waals surface area contributed by atoms with Crippen molar-refractivity contribution in [2.45, 2.75) is 32.1 Å². The number of ether oxygens (including phenoxy) is 1. The summed E-state index contributed by atoms with van der Waals surface area (Å²) in [5.74, 6) is -0.445. The van der Waals surface area contributed by atoms with Gasteiger partial charge in [0, 0.05) is 6.54 Å². The van der Waals surface area contributed by atoms with Crippen LogP contribution in [-0.2, 0) is 4.79 Å². The summed E-state index contributed by atoms with van der Waals surface area (Å²) in [5.41, 5.74) is -1.17. The lowest BCUT2D eigenvalue weighted by atomic mass is 9.74. The van der Waals surface area contributed by atoms with Crippen molar-refractivity contribution in [2.75, 3.05) is 19.0 Å². The topological polar surface area (TPSA) is 104 Å². The quantitative estimate of drug-likeness (QED) is 0.749. The molecule has 7 heteroatoms. The fourth-order valence-electron chi connectivity index (χ4n) is 2.65. The third-order valence-corrected chi connectivity index (χ3v) is 3.87. The summed E-state index contributed by atoms with van der Waals surface area (Å²) in [6.45, 7) is 0.245. The van der Waals surface area contributed by atoms with Gasteiger partial charge in [0.05, 0.1) is 18.9 Å². The van der Waals surface area contributed by atoms with Crippen LogP contribution < -0.4 is 15.6 Å². The number of aliphatic carboxylic acids is 1. The molecule has 2 rings (SSSR count). The van der Waals surface area contributed by atoms with Gasteiger partial charge in [-0.2, -0.15) is 0 Å². The van der Waals surface area contributed by atoms with Crippen molar-refractivity contribution >= 4 is 11.8 Å². The molecule has 1 aromatic rings. The Morgan fingerprint density at radius 3 is 2.80 bits per heavy atom. The van der Waals surface area contributed by atoms with E-state index in [0.29, 0.717) is 12.8 Å². The summed E-state index contributed by atoms with van der Waals surface area (Å²) in [6, 6.07) is 0. The molecule has 1 aliphatic rings. The van der Waals surface area contributed by atoms with E-state index in [0.717, 1.165) is 19.3 Å². The average Bonchev–Trinajstić information content (AvgIpc) is 2.46. The van der Waals surface area contributed by atoms with Crippen molar-refractivity contribution in [1.82, 2.24) is 9.97 Å². The Morgan fingerprint density at radius 1 is 1.50 bits per heavy atom. The molecule has 0 spiro atoms. The molecule has 0 unspecified atom stereocenters. The third kappa shape index (κ3) is 2.76. The minimum absolute atomic E-state index is 0.0730. The largest absolute Gasteiger partial charge is 0.489 e. The Hall–Kier alpha value is -2.05. The summed E-state index contributed by atoms with van der Waals surface area (Å²) in [5, 5.41) is 12.4. The Bertz CT molecular complexity index is 535. The van der Waals surface area contributed by atoms with Gasteiger partial charge in [0.1, 0.15) is 0 Å². The molecule has 20 heavy (non-hydrogen) atoms. The molecule has 1 heterocycles. The van der Waals surface area contributed by atoms with E-state index >= 15 is 0 Å². The monoisotopic (exact) mass is 281 g/mol. The first-order valence-corrected chi connectivity index (χ1v) is 6.68. The van der Waals surface area contributed by atoms with E-state index in [9.17, 15) is 14.7 Å². The van der Waals surface area contributed by atoms with Crippen molar-refractivity contribution in [3.8, 4) is 5.75 Å². The van der Waals surface area contributed by atoms with Gasteiger partial charge >= 0.3 is 5.97 Å². The summed E-state index contributed by atoms with van der Waals surface area (Å²) >= 11 is 0. The van der Waals surface area contributed by atoms with Crippen LogP contribution in [0, 0.1) is 5.41 Å². The lowest BCUT2D eigenvalue weighted by molar-refractivity contribution is -0.150. The Labute approximate surface area is 116 Å². The van der Waals surface area contributed by atoms with Crippen LogP contribution in [0.1, 0.15) is 32.1 Å². The highest BCUT2D eigenvalue weighted by molar-refractivity contribution is 5.75. The summed E-state index contributed by atoms with van der Waals surface area (Å²) < 4.78 is 4.99. The number of aromatic amines is 1. The number of carboxylic acid groups (broad SMARTS) is 1. The van der Waals surface area contributed by atoms with E-state index in [-0.39, 0.29) is 18.1 Å². The second kappa shape index (κ2) is 5.94. The fourth-order valence-corrected chi connectivity index (χ4v) is 2.65. The zero-order valence-corrected chi connectivity index (χ0v) is 11.4. The zero-order chi connectivity index (χ0) is 14.6. The lowest BCUT2D eigenvalue weighted by Crippen LogP contribution is -2.40. The zero-order valence-electron chi connectivity index (χ0n) is 11.4. The average molecular weight is 281 g/mol.